The Labute approximate surface area is 236 Å². The van der Waals surface area contributed by atoms with Gasteiger partial charge in [-0.05, 0) is 49.9 Å². The van der Waals surface area contributed by atoms with Crippen LogP contribution in [0.25, 0.3) is 0 Å². The van der Waals surface area contributed by atoms with Gasteiger partial charge in [-0.2, -0.15) is 0 Å². The third kappa shape index (κ3) is 6.64. The van der Waals surface area contributed by atoms with Crippen molar-refractivity contribution in [1.82, 2.24) is 14.1 Å². The van der Waals surface area contributed by atoms with Gasteiger partial charge in [0.25, 0.3) is 0 Å². The molecular formula is C27H42N4O8S. The van der Waals surface area contributed by atoms with Gasteiger partial charge in [-0.15, -0.1) is 0 Å². The maximum Gasteiger partial charge on any atom is 0.308 e. The summed E-state index contributed by atoms with van der Waals surface area (Å²) in [6.45, 7) is 4.76. The second kappa shape index (κ2) is 13.4. The number of nitrogens with two attached hydrogens (primary N) is 1. The summed E-state index contributed by atoms with van der Waals surface area (Å²) in [6, 6.07) is 3.02. The summed E-state index contributed by atoms with van der Waals surface area (Å²) in [4.78, 5) is 30.1. The maximum absolute atomic E-state index is 13.5. The van der Waals surface area contributed by atoms with Crippen molar-refractivity contribution in [2.24, 2.45) is 11.7 Å². The normalized spacial score (nSPS) is 23.9. The SMILES string of the molecule is CCCCN(CCCN)C(=O)CN1C[C@H](c2cc(OC)c3c(c2)OCO3)[C@@H](C(=O)O)[C@@H]1CCN1CCCS1(=O)=O. The van der Waals surface area contributed by atoms with Crippen LogP contribution in [0.2, 0.25) is 0 Å². The monoisotopic (exact) mass is 582 g/mol. The number of unbranched alkanes of at least 4 members (excludes halogenated alkanes) is 1. The van der Waals surface area contributed by atoms with Gasteiger partial charge in [0.15, 0.2) is 11.5 Å². The summed E-state index contributed by atoms with van der Waals surface area (Å²) in [6.07, 6.45) is 3.36. The predicted molar refractivity (Wildman–Crippen MR) is 148 cm³/mol. The smallest absolute Gasteiger partial charge is 0.308 e. The summed E-state index contributed by atoms with van der Waals surface area (Å²) in [5.74, 6) is -0.875. The zero-order valence-corrected chi connectivity index (χ0v) is 24.2. The summed E-state index contributed by atoms with van der Waals surface area (Å²) in [7, 11) is -1.82. The average molecular weight is 583 g/mol. The van der Waals surface area contributed by atoms with Crippen molar-refractivity contribution in [3.63, 3.8) is 0 Å². The van der Waals surface area contributed by atoms with E-state index in [-0.39, 0.29) is 31.5 Å². The molecule has 4 rings (SSSR count). The Kier molecular flexibility index (Phi) is 10.1. The zero-order valence-electron chi connectivity index (χ0n) is 23.4. The molecule has 12 nitrogen and oxygen atoms in total. The molecule has 13 heteroatoms. The number of rotatable bonds is 14. The van der Waals surface area contributed by atoms with Crippen LogP contribution in [0, 0.1) is 5.92 Å². The van der Waals surface area contributed by atoms with Gasteiger partial charge in [-0.25, -0.2) is 12.7 Å². The number of nitrogens with zero attached hydrogens (tertiary/aromatic N) is 3. The minimum atomic E-state index is -3.34. The van der Waals surface area contributed by atoms with Crippen molar-refractivity contribution < 1.29 is 37.3 Å². The van der Waals surface area contributed by atoms with Gasteiger partial charge in [-0.1, -0.05) is 13.3 Å². The molecule has 2 saturated heterocycles. The molecule has 3 aliphatic rings. The number of benzene rings is 1. The summed E-state index contributed by atoms with van der Waals surface area (Å²) >= 11 is 0. The molecule has 0 saturated carbocycles. The second-order valence-corrected chi connectivity index (χ2v) is 12.7. The van der Waals surface area contributed by atoms with E-state index in [2.05, 4.69) is 6.92 Å². The Morgan fingerprint density at radius 1 is 1.23 bits per heavy atom. The summed E-state index contributed by atoms with van der Waals surface area (Å²) in [5, 5.41) is 10.5. The molecule has 1 amide bonds. The van der Waals surface area contributed by atoms with E-state index in [0.717, 1.165) is 12.8 Å². The largest absolute Gasteiger partial charge is 0.493 e. The maximum atomic E-state index is 13.5. The van der Waals surface area contributed by atoms with Crippen LogP contribution in [0.4, 0.5) is 0 Å². The number of carbonyl (C=O) groups excluding carboxylic acids is 1. The van der Waals surface area contributed by atoms with E-state index in [1.807, 2.05) is 9.80 Å². The lowest BCUT2D eigenvalue weighted by molar-refractivity contribution is -0.143. The first-order chi connectivity index (χ1) is 19.2. The number of fused-ring (bicyclic) bond motifs is 1. The molecule has 224 valence electrons. The van der Waals surface area contributed by atoms with Crippen LogP contribution in [-0.4, -0.2) is 111 Å². The summed E-state index contributed by atoms with van der Waals surface area (Å²) < 4.78 is 43.0. The number of ether oxygens (including phenoxy) is 3. The number of likely N-dealkylation sites (tertiary alicyclic amines) is 1. The average Bonchev–Trinajstić information content (AvgIpc) is 3.63. The number of sulfonamides is 1. The Morgan fingerprint density at radius 3 is 2.65 bits per heavy atom. The van der Waals surface area contributed by atoms with Gasteiger partial charge in [0.1, 0.15) is 0 Å². The number of hydrogen-bond acceptors (Lipinski definition) is 9. The molecule has 0 unspecified atom stereocenters. The molecule has 0 spiro atoms. The highest BCUT2D eigenvalue weighted by Crippen LogP contribution is 2.47. The highest BCUT2D eigenvalue weighted by Gasteiger charge is 2.48. The van der Waals surface area contributed by atoms with Crippen LogP contribution in [0.1, 0.15) is 50.5 Å². The van der Waals surface area contributed by atoms with Crippen LogP contribution >= 0.6 is 0 Å². The van der Waals surface area contributed by atoms with Gasteiger partial charge < -0.3 is 30.0 Å². The van der Waals surface area contributed by atoms with E-state index >= 15 is 0 Å². The van der Waals surface area contributed by atoms with Crippen molar-refractivity contribution in [3.8, 4) is 17.2 Å². The third-order valence-corrected chi connectivity index (χ3v) is 10.1. The highest BCUT2D eigenvalue weighted by molar-refractivity contribution is 7.89. The topological polar surface area (TPSA) is 152 Å². The van der Waals surface area contributed by atoms with Crippen LogP contribution < -0.4 is 19.9 Å². The molecule has 3 atom stereocenters. The van der Waals surface area contributed by atoms with Gasteiger partial charge in [0, 0.05) is 44.7 Å². The van der Waals surface area contributed by atoms with Crippen LogP contribution in [0.3, 0.4) is 0 Å². The van der Waals surface area contributed by atoms with E-state index in [1.54, 1.807) is 12.1 Å². The molecule has 3 heterocycles. The molecule has 1 aromatic carbocycles. The fourth-order valence-corrected chi connectivity index (χ4v) is 7.58. The lowest BCUT2D eigenvalue weighted by Gasteiger charge is -2.30. The van der Waals surface area contributed by atoms with E-state index in [9.17, 15) is 23.1 Å². The summed E-state index contributed by atoms with van der Waals surface area (Å²) in [5.41, 5.74) is 6.43. The lowest BCUT2D eigenvalue weighted by atomic mass is 9.84. The van der Waals surface area contributed by atoms with E-state index in [4.69, 9.17) is 19.9 Å². The van der Waals surface area contributed by atoms with Crippen molar-refractivity contribution in [1.29, 1.82) is 0 Å². The van der Waals surface area contributed by atoms with Crippen LogP contribution in [-0.2, 0) is 19.6 Å². The van der Waals surface area contributed by atoms with Gasteiger partial charge in [-0.3, -0.25) is 14.5 Å². The van der Waals surface area contributed by atoms with Crippen LogP contribution in [0.15, 0.2) is 12.1 Å². The van der Waals surface area contributed by atoms with E-state index < -0.39 is 33.9 Å². The third-order valence-electron chi connectivity index (χ3n) is 8.12. The first-order valence-corrected chi connectivity index (χ1v) is 15.7. The van der Waals surface area contributed by atoms with Crippen LogP contribution in [0.5, 0.6) is 17.2 Å². The van der Waals surface area contributed by atoms with E-state index in [1.165, 1.54) is 11.4 Å². The first-order valence-electron chi connectivity index (χ1n) is 14.1. The number of carboxylic acid groups (broad SMARTS) is 1. The standard InChI is InChI=1S/C27H42N4O8S/c1-3-4-9-29(10-5-8-28)24(32)17-30-16-20(19-14-22(37-2)26-23(15-19)38-18-39-26)25(27(33)34)21(30)7-12-31-11-6-13-40(31,35)36/h14-15,20-21,25H,3-13,16-18,28H2,1-2H3,(H,33,34)/t20-,21+,25-/m1/s1. The Bertz CT molecular complexity index is 1160. The quantitative estimate of drug-likeness (QED) is 0.328. The number of methoxy groups -OCH3 is 1. The molecule has 3 aliphatic heterocycles. The van der Waals surface area contributed by atoms with Crippen molar-refractivity contribution in [2.45, 2.75) is 51.0 Å². The van der Waals surface area contributed by atoms with Gasteiger partial charge in [0.2, 0.25) is 28.5 Å². The lowest BCUT2D eigenvalue weighted by Crippen LogP contribution is -2.46. The fraction of sp³-hybridized carbons (Fsp3) is 0.704. The Balaban J connectivity index is 1.63. The zero-order chi connectivity index (χ0) is 28.9. The highest BCUT2D eigenvalue weighted by atomic mass is 32.2. The van der Waals surface area contributed by atoms with Gasteiger partial charge in [0.05, 0.1) is 25.3 Å². The minimum absolute atomic E-state index is 0.0477. The molecule has 0 radical (unpaired) electrons. The fourth-order valence-electron chi connectivity index (χ4n) is 6.04. The first kappa shape index (κ1) is 30.4. The molecule has 40 heavy (non-hydrogen) atoms. The number of carboxylic acids is 1. The van der Waals surface area contributed by atoms with Crippen molar-refractivity contribution >= 4 is 21.9 Å². The second-order valence-electron chi connectivity index (χ2n) is 10.7. The Morgan fingerprint density at radius 2 is 2.00 bits per heavy atom. The van der Waals surface area contributed by atoms with Gasteiger partial charge >= 0.3 is 5.97 Å². The van der Waals surface area contributed by atoms with E-state index in [0.29, 0.717) is 74.8 Å². The molecular weight excluding hydrogens is 540 g/mol. The number of aliphatic carboxylic acids is 1. The molecule has 1 aromatic rings. The predicted octanol–water partition coefficient (Wildman–Crippen LogP) is 1.30. The number of hydrogen-bond donors (Lipinski definition) is 2. The van der Waals surface area contributed by atoms with Crippen molar-refractivity contribution in [3.05, 3.63) is 17.7 Å². The molecule has 0 bridgehead atoms. The number of amides is 1. The molecule has 0 aliphatic carbocycles. The molecule has 0 aromatic heterocycles. The van der Waals surface area contributed by atoms with Crippen molar-refractivity contribution in [2.75, 3.05) is 65.5 Å². The molecule has 2 fully saturated rings. The Hall–Kier alpha value is -2.61. The number of carbonyl (C=O) groups is 2. The molecule has 3 N–H and O–H groups in total. The minimum Gasteiger partial charge on any atom is -0.493 e.